The number of nitrogens with two attached hydrogens (primary N) is 1. The van der Waals surface area contributed by atoms with Crippen molar-refractivity contribution in [1.82, 2.24) is 4.72 Å². The lowest BCUT2D eigenvalue weighted by Gasteiger charge is -2.09. The third kappa shape index (κ3) is 3.81. The van der Waals surface area contributed by atoms with E-state index in [9.17, 15) is 13.2 Å². The molecule has 1 atom stereocenters. The molecule has 0 aromatic heterocycles. The van der Waals surface area contributed by atoms with Crippen LogP contribution in [0.15, 0.2) is 29.2 Å². The summed E-state index contributed by atoms with van der Waals surface area (Å²) in [5.41, 5.74) is 6.01. The zero-order valence-corrected chi connectivity index (χ0v) is 10.1. The third-order valence-electron chi connectivity index (χ3n) is 2.11. The molecule has 7 heteroatoms. The molecule has 0 saturated heterocycles. The summed E-state index contributed by atoms with van der Waals surface area (Å²) in [5, 5.41) is 8.53. The third-order valence-corrected chi connectivity index (χ3v) is 3.53. The first-order valence-corrected chi connectivity index (χ1v) is 6.36. The predicted octanol–water partition coefficient (Wildman–Crippen LogP) is -0.315. The van der Waals surface area contributed by atoms with Gasteiger partial charge in [0.1, 0.15) is 6.04 Å². The van der Waals surface area contributed by atoms with Crippen molar-refractivity contribution >= 4 is 16.0 Å². The molecule has 94 valence electrons. The highest BCUT2D eigenvalue weighted by Gasteiger charge is 2.18. The van der Waals surface area contributed by atoms with E-state index in [0.717, 1.165) is 5.56 Å². The van der Waals surface area contributed by atoms with Crippen LogP contribution in [-0.4, -0.2) is 32.1 Å². The van der Waals surface area contributed by atoms with Crippen LogP contribution < -0.4 is 10.5 Å². The van der Waals surface area contributed by atoms with Crippen molar-refractivity contribution in [2.45, 2.75) is 17.9 Å². The number of carboxylic acid groups (broad SMARTS) is 1. The molecule has 0 aliphatic carbocycles. The van der Waals surface area contributed by atoms with Gasteiger partial charge in [-0.1, -0.05) is 12.1 Å². The molecule has 0 aliphatic heterocycles. The van der Waals surface area contributed by atoms with Gasteiger partial charge in [-0.25, -0.2) is 13.1 Å². The van der Waals surface area contributed by atoms with Crippen molar-refractivity contribution in [2.75, 3.05) is 6.54 Å². The van der Waals surface area contributed by atoms with Crippen molar-refractivity contribution < 1.29 is 18.3 Å². The molecule has 4 N–H and O–H groups in total. The summed E-state index contributed by atoms with van der Waals surface area (Å²) in [6.45, 7) is 1.42. The molecule has 1 aromatic rings. The molecule has 1 rings (SSSR count). The number of hydrogen-bond donors (Lipinski definition) is 3. The summed E-state index contributed by atoms with van der Waals surface area (Å²) < 4.78 is 25.7. The number of rotatable bonds is 5. The average molecular weight is 258 g/mol. The highest BCUT2D eigenvalue weighted by atomic mass is 32.2. The summed E-state index contributed by atoms with van der Waals surface area (Å²) in [6, 6.07) is 5.05. The lowest BCUT2D eigenvalue weighted by atomic mass is 10.2. The smallest absolute Gasteiger partial charge is 0.321 e. The predicted molar refractivity (Wildman–Crippen MR) is 62.0 cm³/mol. The average Bonchev–Trinajstić information content (AvgIpc) is 2.26. The van der Waals surface area contributed by atoms with Crippen LogP contribution in [0.25, 0.3) is 0 Å². The zero-order chi connectivity index (χ0) is 13.1. The summed E-state index contributed by atoms with van der Waals surface area (Å²) in [5.74, 6) is -1.25. The van der Waals surface area contributed by atoms with Gasteiger partial charge in [0.25, 0.3) is 0 Å². The minimum absolute atomic E-state index is 0.0927. The second-order valence-electron chi connectivity index (χ2n) is 3.61. The molecular formula is C10H14N2O4S. The Hall–Kier alpha value is -1.44. The summed E-state index contributed by atoms with van der Waals surface area (Å²) >= 11 is 0. The topological polar surface area (TPSA) is 109 Å². The standard InChI is InChI=1S/C10H14N2O4S/c1-7-3-2-4-8(5-7)17(15,16)12-6-9(11)10(13)14/h2-5,9,12H,6,11H2,1H3,(H,13,14). The minimum Gasteiger partial charge on any atom is -0.480 e. The number of carbonyl (C=O) groups is 1. The number of aliphatic carboxylic acids is 1. The number of benzene rings is 1. The van der Waals surface area contributed by atoms with Gasteiger partial charge in [-0.3, -0.25) is 4.79 Å². The number of sulfonamides is 1. The number of hydrogen-bond acceptors (Lipinski definition) is 4. The maximum atomic E-state index is 11.8. The van der Waals surface area contributed by atoms with Gasteiger partial charge in [0.15, 0.2) is 0 Å². The van der Waals surface area contributed by atoms with Crippen molar-refractivity contribution in [1.29, 1.82) is 0 Å². The summed E-state index contributed by atoms with van der Waals surface area (Å²) in [4.78, 5) is 10.5. The monoisotopic (exact) mass is 258 g/mol. The van der Waals surface area contributed by atoms with Crippen molar-refractivity contribution in [2.24, 2.45) is 5.73 Å². The summed E-state index contributed by atoms with van der Waals surface area (Å²) in [6.07, 6.45) is 0. The largest absolute Gasteiger partial charge is 0.480 e. The fraction of sp³-hybridized carbons (Fsp3) is 0.300. The molecular weight excluding hydrogens is 244 g/mol. The second kappa shape index (κ2) is 5.26. The van der Waals surface area contributed by atoms with E-state index in [1.165, 1.54) is 12.1 Å². The molecule has 0 bridgehead atoms. The van der Waals surface area contributed by atoms with Crippen molar-refractivity contribution in [3.8, 4) is 0 Å². The second-order valence-corrected chi connectivity index (χ2v) is 5.38. The SMILES string of the molecule is Cc1cccc(S(=O)(=O)NCC(N)C(=O)O)c1. The lowest BCUT2D eigenvalue weighted by molar-refractivity contribution is -0.138. The van der Waals surface area contributed by atoms with E-state index in [-0.39, 0.29) is 11.4 Å². The summed E-state index contributed by atoms with van der Waals surface area (Å²) in [7, 11) is -3.70. The van der Waals surface area contributed by atoms with Crippen molar-refractivity contribution in [3.05, 3.63) is 29.8 Å². The van der Waals surface area contributed by atoms with Crippen LogP contribution in [0.1, 0.15) is 5.56 Å². The van der Waals surface area contributed by atoms with E-state index in [0.29, 0.717) is 0 Å². The molecule has 1 unspecified atom stereocenters. The van der Waals surface area contributed by atoms with Crippen LogP contribution in [0.5, 0.6) is 0 Å². The molecule has 0 radical (unpaired) electrons. The Morgan fingerprint density at radius 3 is 2.71 bits per heavy atom. The van der Waals surface area contributed by atoms with Gasteiger partial charge in [-0.2, -0.15) is 0 Å². The van der Waals surface area contributed by atoms with Gasteiger partial charge in [0.05, 0.1) is 4.90 Å². The van der Waals surface area contributed by atoms with Crippen LogP contribution >= 0.6 is 0 Å². The Balaban J connectivity index is 2.79. The first kappa shape index (κ1) is 13.6. The molecule has 0 aliphatic rings. The molecule has 0 saturated carbocycles. The van der Waals surface area contributed by atoms with Gasteiger partial charge in [-0.05, 0) is 24.6 Å². The Labute approximate surface area is 99.5 Å². The maximum absolute atomic E-state index is 11.8. The zero-order valence-electron chi connectivity index (χ0n) is 9.25. The van der Waals surface area contributed by atoms with E-state index in [1.807, 2.05) is 0 Å². The van der Waals surface area contributed by atoms with Gasteiger partial charge < -0.3 is 10.8 Å². The van der Waals surface area contributed by atoms with Crippen LogP contribution in [0.3, 0.4) is 0 Å². The van der Waals surface area contributed by atoms with Gasteiger partial charge in [-0.15, -0.1) is 0 Å². The van der Waals surface area contributed by atoms with Crippen LogP contribution in [-0.2, 0) is 14.8 Å². The van der Waals surface area contributed by atoms with Crippen LogP contribution in [0.2, 0.25) is 0 Å². The molecule has 0 spiro atoms. The lowest BCUT2D eigenvalue weighted by Crippen LogP contribution is -2.42. The Bertz CT molecular complexity index is 513. The van der Waals surface area contributed by atoms with E-state index in [4.69, 9.17) is 10.8 Å². The Morgan fingerprint density at radius 1 is 1.53 bits per heavy atom. The number of aryl methyl sites for hydroxylation is 1. The van der Waals surface area contributed by atoms with Crippen LogP contribution in [0, 0.1) is 6.92 Å². The first-order chi connectivity index (χ1) is 7.83. The van der Waals surface area contributed by atoms with Crippen LogP contribution in [0.4, 0.5) is 0 Å². The molecule has 0 amide bonds. The van der Waals surface area contributed by atoms with Crippen molar-refractivity contribution in [3.63, 3.8) is 0 Å². The molecule has 6 nitrogen and oxygen atoms in total. The van der Waals surface area contributed by atoms with E-state index in [2.05, 4.69) is 4.72 Å². The van der Waals surface area contributed by atoms with E-state index >= 15 is 0 Å². The fourth-order valence-electron chi connectivity index (χ4n) is 1.15. The highest BCUT2D eigenvalue weighted by molar-refractivity contribution is 7.89. The van der Waals surface area contributed by atoms with Gasteiger partial charge in [0.2, 0.25) is 10.0 Å². The number of nitrogens with one attached hydrogen (secondary N) is 1. The maximum Gasteiger partial charge on any atom is 0.321 e. The normalized spacial score (nSPS) is 13.3. The van der Waals surface area contributed by atoms with Gasteiger partial charge in [0, 0.05) is 6.54 Å². The minimum atomic E-state index is -3.70. The molecule has 1 aromatic carbocycles. The Kier molecular flexibility index (Phi) is 4.22. The molecule has 0 fully saturated rings. The molecule has 17 heavy (non-hydrogen) atoms. The molecule has 0 heterocycles. The Morgan fingerprint density at radius 2 is 2.18 bits per heavy atom. The highest BCUT2D eigenvalue weighted by Crippen LogP contribution is 2.10. The van der Waals surface area contributed by atoms with E-state index < -0.39 is 22.0 Å². The first-order valence-electron chi connectivity index (χ1n) is 4.87. The van der Waals surface area contributed by atoms with E-state index in [1.54, 1.807) is 19.1 Å². The number of carboxylic acids is 1. The van der Waals surface area contributed by atoms with Gasteiger partial charge >= 0.3 is 5.97 Å². The fourth-order valence-corrected chi connectivity index (χ4v) is 2.32. The quantitative estimate of drug-likeness (QED) is 0.671.